The van der Waals surface area contributed by atoms with E-state index >= 15 is 0 Å². The minimum atomic E-state index is 0.560. The minimum absolute atomic E-state index is 0.560. The zero-order valence-electron chi connectivity index (χ0n) is 12.3. The summed E-state index contributed by atoms with van der Waals surface area (Å²) in [7, 11) is 0. The van der Waals surface area contributed by atoms with E-state index in [0.29, 0.717) is 5.92 Å². The van der Waals surface area contributed by atoms with E-state index in [1.54, 1.807) is 0 Å². The molecular formula is C18H18N4. The molecule has 3 aromatic rings. The number of benzene rings is 1. The van der Waals surface area contributed by atoms with Crippen molar-refractivity contribution in [3.05, 3.63) is 60.6 Å². The Balaban J connectivity index is 1.65. The van der Waals surface area contributed by atoms with E-state index in [4.69, 9.17) is 0 Å². The molecule has 0 bridgehead atoms. The molecule has 1 unspecified atom stereocenters. The van der Waals surface area contributed by atoms with Gasteiger partial charge < -0.3 is 5.32 Å². The van der Waals surface area contributed by atoms with Crippen LogP contribution < -0.4 is 5.32 Å². The highest BCUT2D eigenvalue weighted by atomic mass is 15.1. The molecule has 0 aliphatic carbocycles. The third kappa shape index (κ3) is 2.53. The third-order valence-electron chi connectivity index (χ3n) is 4.27. The molecule has 0 radical (unpaired) electrons. The highest BCUT2D eigenvalue weighted by molar-refractivity contribution is 5.71. The molecule has 0 saturated carbocycles. The molecule has 1 aromatic carbocycles. The summed E-state index contributed by atoms with van der Waals surface area (Å²) in [6, 6.07) is 14.7. The molecule has 4 heteroatoms. The van der Waals surface area contributed by atoms with Gasteiger partial charge in [0.15, 0.2) is 0 Å². The molecule has 0 amide bonds. The number of nitrogens with zero attached hydrogens (tertiary/aromatic N) is 2. The molecule has 1 aliphatic rings. The number of hydrogen-bond donors (Lipinski definition) is 2. The van der Waals surface area contributed by atoms with E-state index in [1.807, 2.05) is 24.5 Å². The first-order valence-electron chi connectivity index (χ1n) is 7.67. The maximum absolute atomic E-state index is 4.50. The van der Waals surface area contributed by atoms with Crippen molar-refractivity contribution < 1.29 is 0 Å². The van der Waals surface area contributed by atoms with Crippen LogP contribution in [0, 0.1) is 0 Å². The third-order valence-corrected chi connectivity index (χ3v) is 4.27. The standard InChI is InChI=1S/C18H18N4/c1-2-14(13-4-7-19-8-5-13)10-15(3-1)17-11-18(22-21-17)16-6-9-20-12-16/h1-5,7-8,10-11,16,20H,6,9,12H2,(H,21,22). The molecule has 22 heavy (non-hydrogen) atoms. The van der Waals surface area contributed by atoms with E-state index in [2.05, 4.69) is 50.8 Å². The molecule has 4 nitrogen and oxygen atoms in total. The van der Waals surface area contributed by atoms with Crippen molar-refractivity contribution in [2.24, 2.45) is 0 Å². The predicted molar refractivity (Wildman–Crippen MR) is 87.5 cm³/mol. The maximum atomic E-state index is 4.50. The summed E-state index contributed by atoms with van der Waals surface area (Å²) in [6.45, 7) is 2.13. The van der Waals surface area contributed by atoms with Crippen LogP contribution in [0.15, 0.2) is 54.9 Å². The molecule has 1 saturated heterocycles. The highest BCUT2D eigenvalue weighted by Gasteiger charge is 2.19. The monoisotopic (exact) mass is 290 g/mol. The lowest BCUT2D eigenvalue weighted by molar-refractivity contribution is 0.729. The van der Waals surface area contributed by atoms with Gasteiger partial charge in [0.05, 0.1) is 5.69 Å². The van der Waals surface area contributed by atoms with Crippen molar-refractivity contribution in [1.29, 1.82) is 0 Å². The van der Waals surface area contributed by atoms with Crippen molar-refractivity contribution in [3.63, 3.8) is 0 Å². The number of nitrogens with one attached hydrogen (secondary N) is 2. The van der Waals surface area contributed by atoms with E-state index in [1.165, 1.54) is 23.2 Å². The van der Waals surface area contributed by atoms with Gasteiger partial charge in [0.25, 0.3) is 0 Å². The van der Waals surface area contributed by atoms with E-state index in [9.17, 15) is 0 Å². The van der Waals surface area contributed by atoms with Gasteiger partial charge in [-0.1, -0.05) is 18.2 Å². The number of H-pyrrole nitrogens is 1. The molecule has 0 spiro atoms. The Morgan fingerprint density at radius 2 is 1.82 bits per heavy atom. The van der Waals surface area contributed by atoms with Gasteiger partial charge in [-0.25, -0.2) is 0 Å². The van der Waals surface area contributed by atoms with Crippen LogP contribution in [0.2, 0.25) is 0 Å². The van der Waals surface area contributed by atoms with Crippen LogP contribution in [0.1, 0.15) is 18.0 Å². The highest BCUT2D eigenvalue weighted by Crippen LogP contribution is 2.28. The van der Waals surface area contributed by atoms with Gasteiger partial charge in [-0.05, 0) is 48.4 Å². The van der Waals surface area contributed by atoms with Crippen molar-refractivity contribution in [2.75, 3.05) is 13.1 Å². The summed E-state index contributed by atoms with van der Waals surface area (Å²) in [5, 5.41) is 11.1. The quantitative estimate of drug-likeness (QED) is 0.778. The lowest BCUT2D eigenvalue weighted by atomic mass is 10.0. The average Bonchev–Trinajstić information content (AvgIpc) is 3.27. The van der Waals surface area contributed by atoms with Crippen LogP contribution in [0.3, 0.4) is 0 Å². The van der Waals surface area contributed by atoms with Crippen LogP contribution in [-0.4, -0.2) is 28.3 Å². The molecule has 4 rings (SSSR count). The Morgan fingerprint density at radius 3 is 2.64 bits per heavy atom. The molecule has 3 heterocycles. The van der Waals surface area contributed by atoms with Gasteiger partial charge in [0.1, 0.15) is 0 Å². The summed E-state index contributed by atoms with van der Waals surface area (Å²) in [4.78, 5) is 4.08. The Hall–Kier alpha value is -2.46. The molecule has 1 aliphatic heterocycles. The lowest BCUT2D eigenvalue weighted by Crippen LogP contribution is -2.08. The largest absolute Gasteiger partial charge is 0.316 e. The van der Waals surface area contributed by atoms with Crippen LogP contribution in [0.4, 0.5) is 0 Å². The van der Waals surface area contributed by atoms with Crippen LogP contribution in [0.5, 0.6) is 0 Å². The summed E-state index contributed by atoms with van der Waals surface area (Å²) in [6.07, 6.45) is 4.82. The Bertz CT molecular complexity index is 758. The molecule has 1 fully saturated rings. The number of aromatic nitrogens is 3. The number of pyridine rings is 1. The Morgan fingerprint density at radius 1 is 0.955 bits per heavy atom. The van der Waals surface area contributed by atoms with Gasteiger partial charge in [0.2, 0.25) is 0 Å². The second-order valence-electron chi connectivity index (χ2n) is 5.71. The van der Waals surface area contributed by atoms with Crippen LogP contribution in [0.25, 0.3) is 22.4 Å². The van der Waals surface area contributed by atoms with Gasteiger partial charge >= 0.3 is 0 Å². The summed E-state index contributed by atoms with van der Waals surface area (Å²) in [5.41, 5.74) is 5.74. The fourth-order valence-corrected chi connectivity index (χ4v) is 3.02. The first kappa shape index (κ1) is 13.2. The fraction of sp³-hybridized carbons (Fsp3) is 0.222. The maximum Gasteiger partial charge on any atom is 0.0923 e. The van der Waals surface area contributed by atoms with Crippen molar-refractivity contribution >= 4 is 0 Å². The molecular weight excluding hydrogens is 272 g/mol. The van der Waals surface area contributed by atoms with Crippen LogP contribution >= 0.6 is 0 Å². The number of rotatable bonds is 3. The number of hydrogen-bond acceptors (Lipinski definition) is 3. The Kier molecular flexibility index (Phi) is 3.45. The van der Waals surface area contributed by atoms with Crippen molar-refractivity contribution in [2.45, 2.75) is 12.3 Å². The Labute approximate surface area is 129 Å². The molecule has 1 atom stereocenters. The molecule has 2 N–H and O–H groups in total. The molecule has 110 valence electrons. The van der Waals surface area contributed by atoms with Gasteiger partial charge in [-0.3, -0.25) is 10.1 Å². The second kappa shape index (κ2) is 5.73. The normalized spacial score (nSPS) is 17.7. The van der Waals surface area contributed by atoms with Crippen molar-refractivity contribution in [3.8, 4) is 22.4 Å². The topological polar surface area (TPSA) is 53.6 Å². The molecule has 2 aromatic heterocycles. The first-order chi connectivity index (χ1) is 10.9. The van der Waals surface area contributed by atoms with E-state index < -0.39 is 0 Å². The number of aromatic amines is 1. The van der Waals surface area contributed by atoms with Crippen LogP contribution in [-0.2, 0) is 0 Å². The van der Waals surface area contributed by atoms with Gasteiger partial charge in [-0.15, -0.1) is 0 Å². The minimum Gasteiger partial charge on any atom is -0.316 e. The van der Waals surface area contributed by atoms with Crippen molar-refractivity contribution in [1.82, 2.24) is 20.5 Å². The zero-order chi connectivity index (χ0) is 14.8. The average molecular weight is 290 g/mol. The summed E-state index contributed by atoms with van der Waals surface area (Å²) in [5.74, 6) is 0.560. The van der Waals surface area contributed by atoms with Gasteiger partial charge in [0, 0.05) is 36.1 Å². The second-order valence-corrected chi connectivity index (χ2v) is 5.71. The smallest absolute Gasteiger partial charge is 0.0923 e. The van der Waals surface area contributed by atoms with E-state index in [-0.39, 0.29) is 0 Å². The fourth-order valence-electron chi connectivity index (χ4n) is 3.02. The predicted octanol–water partition coefficient (Wildman–Crippen LogP) is 3.22. The lowest BCUT2D eigenvalue weighted by Gasteiger charge is -2.04. The first-order valence-corrected chi connectivity index (χ1v) is 7.67. The van der Waals surface area contributed by atoms with Gasteiger partial charge in [-0.2, -0.15) is 5.10 Å². The zero-order valence-corrected chi connectivity index (χ0v) is 12.3. The summed E-state index contributed by atoms with van der Waals surface area (Å²) >= 11 is 0. The SMILES string of the molecule is c1cc(-c2ccncc2)cc(-c2cc(C3CCNC3)[nH]n2)c1. The summed E-state index contributed by atoms with van der Waals surface area (Å²) < 4.78 is 0. The van der Waals surface area contributed by atoms with E-state index in [0.717, 1.165) is 24.3 Å².